The highest BCUT2D eigenvalue weighted by molar-refractivity contribution is 6.01. The number of ether oxygens (including phenoxy) is 1. The largest absolute Gasteiger partial charge is 0.378 e. The average molecular weight is 281 g/mol. The molecule has 1 aliphatic rings. The maximum absolute atomic E-state index is 5.43. The van der Waals surface area contributed by atoms with Gasteiger partial charge in [0.25, 0.3) is 0 Å². The molecule has 4 heterocycles. The number of aromatic amines is 1. The first kappa shape index (κ1) is 12.3. The van der Waals surface area contributed by atoms with Crippen LogP contribution in [-0.4, -0.2) is 46.2 Å². The van der Waals surface area contributed by atoms with Crippen LogP contribution in [0.3, 0.4) is 0 Å². The molecule has 0 unspecified atom stereocenters. The zero-order chi connectivity index (χ0) is 14.1. The molecule has 1 N–H and O–H groups in total. The van der Waals surface area contributed by atoms with Crippen LogP contribution in [0.5, 0.6) is 0 Å². The Kier molecular flexibility index (Phi) is 3.01. The van der Waals surface area contributed by atoms with Crippen molar-refractivity contribution in [1.82, 2.24) is 19.9 Å². The van der Waals surface area contributed by atoms with E-state index in [9.17, 15) is 0 Å². The number of morpholine rings is 1. The van der Waals surface area contributed by atoms with E-state index < -0.39 is 0 Å². The van der Waals surface area contributed by atoms with Crippen LogP contribution < -0.4 is 4.90 Å². The molecule has 4 rings (SSSR count). The number of rotatable bonds is 2. The van der Waals surface area contributed by atoms with Gasteiger partial charge in [-0.1, -0.05) is 0 Å². The van der Waals surface area contributed by atoms with E-state index in [4.69, 9.17) is 4.74 Å². The first-order valence-electron chi connectivity index (χ1n) is 6.98. The monoisotopic (exact) mass is 281 g/mol. The summed E-state index contributed by atoms with van der Waals surface area (Å²) in [5.41, 5.74) is 3.08. The number of H-pyrrole nitrogens is 1. The predicted octanol–water partition coefficient (Wildman–Crippen LogP) is 1.86. The molecule has 6 nitrogen and oxygen atoms in total. The molecule has 0 bridgehead atoms. The van der Waals surface area contributed by atoms with Crippen LogP contribution in [0.15, 0.2) is 37.1 Å². The summed E-state index contributed by atoms with van der Waals surface area (Å²) in [6.07, 6.45) is 7.19. The molecule has 1 aliphatic heterocycles. The van der Waals surface area contributed by atoms with Crippen LogP contribution in [-0.2, 0) is 4.74 Å². The second-order valence-corrected chi connectivity index (χ2v) is 4.96. The van der Waals surface area contributed by atoms with Crippen LogP contribution in [0.2, 0.25) is 0 Å². The summed E-state index contributed by atoms with van der Waals surface area (Å²) in [6, 6.07) is 4.00. The number of hydrogen-bond acceptors (Lipinski definition) is 5. The predicted molar refractivity (Wildman–Crippen MR) is 80.2 cm³/mol. The molecule has 0 radical (unpaired) electrons. The Hall–Kier alpha value is -2.47. The van der Waals surface area contributed by atoms with Gasteiger partial charge >= 0.3 is 0 Å². The highest BCUT2D eigenvalue weighted by Crippen LogP contribution is 2.33. The minimum absolute atomic E-state index is 0.737. The lowest BCUT2D eigenvalue weighted by molar-refractivity contribution is 0.122. The van der Waals surface area contributed by atoms with Gasteiger partial charge in [0.2, 0.25) is 0 Å². The van der Waals surface area contributed by atoms with Crippen molar-refractivity contribution in [2.45, 2.75) is 0 Å². The van der Waals surface area contributed by atoms with Crippen molar-refractivity contribution in [2.75, 3.05) is 31.2 Å². The molecule has 0 spiro atoms. The zero-order valence-electron chi connectivity index (χ0n) is 11.5. The van der Waals surface area contributed by atoms with Crippen LogP contribution >= 0.6 is 0 Å². The lowest BCUT2D eigenvalue weighted by atomic mass is 10.1. The standard InChI is InChI=1S/C15H15N5O/c1-3-16-4-2-11(1)12-9-17-14-13(12)15(19-10-18-14)20-5-7-21-8-6-20/h1-4,9-10H,5-8H2,(H,17,18,19). The summed E-state index contributed by atoms with van der Waals surface area (Å²) in [5.74, 6) is 0.969. The molecule has 106 valence electrons. The second-order valence-electron chi connectivity index (χ2n) is 4.96. The third-order valence-corrected chi connectivity index (χ3v) is 3.75. The first-order valence-corrected chi connectivity index (χ1v) is 6.98. The number of aromatic nitrogens is 4. The van der Waals surface area contributed by atoms with Crippen LogP contribution in [0.1, 0.15) is 0 Å². The van der Waals surface area contributed by atoms with Gasteiger partial charge in [0.15, 0.2) is 0 Å². The van der Waals surface area contributed by atoms with Crippen molar-refractivity contribution < 1.29 is 4.74 Å². The van der Waals surface area contributed by atoms with Gasteiger partial charge in [0, 0.05) is 37.2 Å². The fourth-order valence-electron chi connectivity index (χ4n) is 2.72. The maximum atomic E-state index is 5.43. The minimum Gasteiger partial charge on any atom is -0.378 e. The number of nitrogens with zero attached hydrogens (tertiary/aromatic N) is 4. The molecule has 0 aromatic carbocycles. The third-order valence-electron chi connectivity index (χ3n) is 3.75. The average Bonchev–Trinajstić information content (AvgIpc) is 3.00. The fraction of sp³-hybridized carbons (Fsp3) is 0.267. The minimum atomic E-state index is 0.737. The van der Waals surface area contributed by atoms with Crippen molar-refractivity contribution in [3.05, 3.63) is 37.1 Å². The lowest BCUT2D eigenvalue weighted by Gasteiger charge is -2.28. The lowest BCUT2D eigenvalue weighted by Crippen LogP contribution is -2.36. The number of nitrogens with one attached hydrogen (secondary N) is 1. The summed E-state index contributed by atoms with van der Waals surface area (Å²) >= 11 is 0. The molecule has 1 saturated heterocycles. The van der Waals surface area contributed by atoms with Crippen LogP contribution in [0.4, 0.5) is 5.82 Å². The van der Waals surface area contributed by atoms with Gasteiger partial charge in [0.05, 0.1) is 18.6 Å². The van der Waals surface area contributed by atoms with Crippen molar-refractivity contribution in [1.29, 1.82) is 0 Å². The Bertz CT molecular complexity index is 749. The molecule has 0 saturated carbocycles. The molecule has 1 fully saturated rings. The number of hydrogen-bond donors (Lipinski definition) is 1. The third kappa shape index (κ3) is 2.13. The first-order chi connectivity index (χ1) is 10.4. The molecule has 3 aromatic rings. The van der Waals surface area contributed by atoms with Gasteiger partial charge in [-0.25, -0.2) is 9.97 Å². The Labute approximate surface area is 121 Å². The van der Waals surface area contributed by atoms with Crippen molar-refractivity contribution in [3.63, 3.8) is 0 Å². The molecule has 0 aliphatic carbocycles. The van der Waals surface area contributed by atoms with Crippen molar-refractivity contribution >= 4 is 16.9 Å². The van der Waals surface area contributed by atoms with E-state index in [2.05, 4.69) is 24.8 Å². The normalized spacial score (nSPS) is 15.5. The van der Waals surface area contributed by atoms with Crippen molar-refractivity contribution in [2.24, 2.45) is 0 Å². The SMILES string of the molecule is c1cc(-c2c[nH]c3ncnc(N4CCOCC4)c23)ccn1. The van der Waals surface area contributed by atoms with Gasteiger partial charge < -0.3 is 14.6 Å². The van der Waals surface area contributed by atoms with E-state index in [-0.39, 0.29) is 0 Å². The highest BCUT2D eigenvalue weighted by Gasteiger charge is 2.19. The summed E-state index contributed by atoms with van der Waals surface area (Å²) in [6.45, 7) is 3.18. The van der Waals surface area contributed by atoms with E-state index in [1.165, 1.54) is 0 Å². The van der Waals surface area contributed by atoms with E-state index in [1.807, 2.05) is 18.3 Å². The Morgan fingerprint density at radius 2 is 1.90 bits per heavy atom. The highest BCUT2D eigenvalue weighted by atomic mass is 16.5. The molecule has 3 aromatic heterocycles. The summed E-state index contributed by atoms with van der Waals surface area (Å²) in [5, 5.41) is 1.06. The van der Waals surface area contributed by atoms with Gasteiger partial charge in [-0.2, -0.15) is 0 Å². The molecular formula is C15H15N5O. The van der Waals surface area contributed by atoms with Gasteiger partial charge in [0.1, 0.15) is 17.8 Å². The fourth-order valence-corrected chi connectivity index (χ4v) is 2.72. The number of fused-ring (bicyclic) bond motifs is 1. The Balaban J connectivity index is 1.89. The van der Waals surface area contributed by atoms with Crippen LogP contribution in [0.25, 0.3) is 22.2 Å². The number of pyridine rings is 1. The van der Waals surface area contributed by atoms with E-state index >= 15 is 0 Å². The summed E-state index contributed by atoms with van der Waals surface area (Å²) in [7, 11) is 0. The van der Waals surface area contributed by atoms with E-state index in [1.54, 1.807) is 18.7 Å². The molecule has 0 atom stereocenters. The molecule has 21 heavy (non-hydrogen) atoms. The quantitative estimate of drug-likeness (QED) is 0.776. The molecule has 6 heteroatoms. The topological polar surface area (TPSA) is 66.9 Å². The van der Waals surface area contributed by atoms with Gasteiger partial charge in [-0.05, 0) is 17.7 Å². The van der Waals surface area contributed by atoms with Gasteiger partial charge in [-0.3, -0.25) is 4.98 Å². The molecular weight excluding hydrogens is 266 g/mol. The number of anilines is 1. The summed E-state index contributed by atoms with van der Waals surface area (Å²) in [4.78, 5) is 18.4. The van der Waals surface area contributed by atoms with E-state index in [0.717, 1.165) is 54.3 Å². The van der Waals surface area contributed by atoms with E-state index in [0.29, 0.717) is 0 Å². The Morgan fingerprint density at radius 3 is 2.71 bits per heavy atom. The van der Waals surface area contributed by atoms with Crippen molar-refractivity contribution in [3.8, 4) is 11.1 Å². The zero-order valence-corrected chi connectivity index (χ0v) is 11.5. The van der Waals surface area contributed by atoms with Gasteiger partial charge in [-0.15, -0.1) is 0 Å². The van der Waals surface area contributed by atoms with Crippen LogP contribution in [0, 0.1) is 0 Å². The Morgan fingerprint density at radius 1 is 1.10 bits per heavy atom. The second kappa shape index (κ2) is 5.14. The smallest absolute Gasteiger partial charge is 0.143 e. The summed E-state index contributed by atoms with van der Waals surface area (Å²) < 4.78 is 5.43. The molecule has 0 amide bonds. The maximum Gasteiger partial charge on any atom is 0.143 e.